The molecule has 14 heavy (non-hydrogen) atoms. The smallest absolute Gasteiger partial charge is 0.215 e. The molecule has 0 aliphatic heterocycles. The Morgan fingerprint density at radius 1 is 1.50 bits per heavy atom. The first-order valence-electron chi connectivity index (χ1n) is 3.96. The standard InChI is InChI=1S/C8H12N2O3S/c1-9-14(11,12)6-7-3-8(13-2)5-10-4-7/h3-5,9H,6H2,1-2H3. The minimum atomic E-state index is -3.24. The van der Waals surface area contributed by atoms with Gasteiger partial charge in [0.05, 0.1) is 19.1 Å². The molecule has 1 aromatic rings. The second kappa shape index (κ2) is 4.39. The normalized spacial score (nSPS) is 11.3. The van der Waals surface area contributed by atoms with Crippen molar-refractivity contribution in [1.82, 2.24) is 9.71 Å². The Hall–Kier alpha value is -1.14. The van der Waals surface area contributed by atoms with Gasteiger partial charge in [-0.15, -0.1) is 0 Å². The number of sulfonamides is 1. The van der Waals surface area contributed by atoms with Crippen molar-refractivity contribution in [2.45, 2.75) is 5.75 Å². The van der Waals surface area contributed by atoms with E-state index in [2.05, 4.69) is 9.71 Å². The molecule has 5 nitrogen and oxygen atoms in total. The summed E-state index contributed by atoms with van der Waals surface area (Å²) >= 11 is 0. The Bertz CT molecular complexity index is 403. The monoisotopic (exact) mass is 216 g/mol. The summed E-state index contributed by atoms with van der Waals surface area (Å²) in [6.45, 7) is 0. The fourth-order valence-corrected chi connectivity index (χ4v) is 1.69. The van der Waals surface area contributed by atoms with Crippen LogP contribution >= 0.6 is 0 Å². The Kier molecular flexibility index (Phi) is 3.43. The van der Waals surface area contributed by atoms with E-state index in [-0.39, 0.29) is 5.75 Å². The summed E-state index contributed by atoms with van der Waals surface area (Å²) in [4.78, 5) is 3.86. The van der Waals surface area contributed by atoms with Crippen LogP contribution in [0.1, 0.15) is 5.56 Å². The van der Waals surface area contributed by atoms with Crippen molar-refractivity contribution in [2.24, 2.45) is 0 Å². The molecule has 0 saturated heterocycles. The van der Waals surface area contributed by atoms with Gasteiger partial charge >= 0.3 is 0 Å². The Labute approximate surface area is 83.2 Å². The van der Waals surface area contributed by atoms with Gasteiger partial charge < -0.3 is 4.74 Å². The summed E-state index contributed by atoms with van der Waals surface area (Å²) in [5, 5.41) is 0. The van der Waals surface area contributed by atoms with E-state index in [4.69, 9.17) is 4.74 Å². The van der Waals surface area contributed by atoms with Gasteiger partial charge in [0.1, 0.15) is 5.75 Å². The first kappa shape index (κ1) is 10.9. The van der Waals surface area contributed by atoms with Crippen LogP contribution in [0.5, 0.6) is 5.75 Å². The lowest BCUT2D eigenvalue weighted by molar-refractivity contribution is 0.412. The zero-order valence-corrected chi connectivity index (χ0v) is 8.84. The van der Waals surface area contributed by atoms with Gasteiger partial charge in [0, 0.05) is 6.20 Å². The summed E-state index contributed by atoms with van der Waals surface area (Å²) in [7, 11) is -0.358. The third-order valence-electron chi connectivity index (χ3n) is 1.67. The number of methoxy groups -OCH3 is 1. The SMILES string of the molecule is CNS(=O)(=O)Cc1cncc(OC)c1. The highest BCUT2D eigenvalue weighted by molar-refractivity contribution is 7.88. The van der Waals surface area contributed by atoms with E-state index in [9.17, 15) is 8.42 Å². The molecule has 1 heterocycles. The van der Waals surface area contributed by atoms with Crippen LogP contribution in [-0.4, -0.2) is 27.6 Å². The molecule has 0 aliphatic rings. The fourth-order valence-electron chi connectivity index (χ4n) is 0.946. The van der Waals surface area contributed by atoms with Crippen LogP contribution in [-0.2, 0) is 15.8 Å². The molecular formula is C8H12N2O3S. The molecule has 0 amide bonds. The number of nitrogens with one attached hydrogen (secondary N) is 1. The highest BCUT2D eigenvalue weighted by Gasteiger charge is 2.09. The van der Waals surface area contributed by atoms with Crippen molar-refractivity contribution < 1.29 is 13.2 Å². The lowest BCUT2D eigenvalue weighted by Gasteiger charge is -2.03. The summed E-state index contributed by atoms with van der Waals surface area (Å²) in [5.74, 6) is 0.460. The van der Waals surface area contributed by atoms with E-state index >= 15 is 0 Å². The van der Waals surface area contributed by atoms with Crippen molar-refractivity contribution in [2.75, 3.05) is 14.2 Å². The fraction of sp³-hybridized carbons (Fsp3) is 0.375. The molecule has 0 aliphatic carbocycles. The Balaban J connectivity index is 2.87. The average Bonchev–Trinajstić information content (AvgIpc) is 2.17. The molecule has 1 rings (SSSR count). The van der Waals surface area contributed by atoms with Crippen LogP contribution in [0.3, 0.4) is 0 Å². The number of hydrogen-bond acceptors (Lipinski definition) is 4. The van der Waals surface area contributed by atoms with Gasteiger partial charge in [0.15, 0.2) is 0 Å². The third-order valence-corrected chi connectivity index (χ3v) is 3.01. The zero-order chi connectivity index (χ0) is 10.6. The number of ether oxygens (including phenoxy) is 1. The third kappa shape index (κ3) is 2.97. The van der Waals surface area contributed by atoms with E-state index in [1.165, 1.54) is 26.6 Å². The zero-order valence-electron chi connectivity index (χ0n) is 8.02. The van der Waals surface area contributed by atoms with Crippen molar-refractivity contribution in [1.29, 1.82) is 0 Å². The highest BCUT2D eigenvalue weighted by atomic mass is 32.2. The maximum atomic E-state index is 11.2. The second-order valence-corrected chi connectivity index (χ2v) is 4.62. The first-order valence-corrected chi connectivity index (χ1v) is 5.62. The van der Waals surface area contributed by atoms with Gasteiger partial charge in [-0.1, -0.05) is 0 Å². The van der Waals surface area contributed by atoms with Crippen molar-refractivity contribution in [3.8, 4) is 5.75 Å². The minimum Gasteiger partial charge on any atom is -0.495 e. The van der Waals surface area contributed by atoms with Crippen LogP contribution in [0.4, 0.5) is 0 Å². The van der Waals surface area contributed by atoms with Gasteiger partial charge in [-0.2, -0.15) is 0 Å². The molecule has 0 aromatic carbocycles. The van der Waals surface area contributed by atoms with Crippen molar-refractivity contribution in [3.63, 3.8) is 0 Å². The maximum absolute atomic E-state index is 11.2. The predicted molar refractivity (Wildman–Crippen MR) is 52.5 cm³/mol. The van der Waals surface area contributed by atoms with Crippen LogP contribution in [0, 0.1) is 0 Å². The second-order valence-electron chi connectivity index (χ2n) is 2.70. The Morgan fingerprint density at radius 3 is 2.79 bits per heavy atom. The molecule has 1 N–H and O–H groups in total. The molecule has 0 radical (unpaired) electrons. The Morgan fingerprint density at radius 2 is 2.21 bits per heavy atom. The van der Waals surface area contributed by atoms with Crippen molar-refractivity contribution >= 4 is 10.0 Å². The molecule has 1 aromatic heterocycles. The van der Waals surface area contributed by atoms with Crippen LogP contribution in [0.2, 0.25) is 0 Å². The number of hydrogen-bond donors (Lipinski definition) is 1. The number of aromatic nitrogens is 1. The van der Waals surface area contributed by atoms with E-state index in [0.29, 0.717) is 11.3 Å². The lowest BCUT2D eigenvalue weighted by atomic mass is 10.3. The number of pyridine rings is 1. The average molecular weight is 216 g/mol. The molecule has 0 fully saturated rings. The number of rotatable bonds is 4. The molecule has 0 bridgehead atoms. The van der Waals surface area contributed by atoms with Crippen molar-refractivity contribution in [3.05, 3.63) is 24.0 Å². The summed E-state index contributed by atoms with van der Waals surface area (Å²) in [6, 6.07) is 1.64. The first-order chi connectivity index (χ1) is 6.57. The van der Waals surface area contributed by atoms with Gasteiger partial charge in [-0.25, -0.2) is 13.1 Å². The maximum Gasteiger partial charge on any atom is 0.215 e. The van der Waals surface area contributed by atoms with Gasteiger partial charge in [0.25, 0.3) is 0 Å². The summed E-state index contributed by atoms with van der Waals surface area (Å²) in [5.41, 5.74) is 0.596. The van der Waals surface area contributed by atoms with E-state index < -0.39 is 10.0 Å². The lowest BCUT2D eigenvalue weighted by Crippen LogP contribution is -2.20. The van der Waals surface area contributed by atoms with E-state index in [1.807, 2.05) is 0 Å². The molecule has 0 atom stereocenters. The van der Waals surface area contributed by atoms with E-state index in [0.717, 1.165) is 0 Å². The summed E-state index contributed by atoms with van der Waals surface area (Å²) in [6.07, 6.45) is 3.02. The van der Waals surface area contributed by atoms with Gasteiger partial charge in [-0.3, -0.25) is 4.98 Å². The quantitative estimate of drug-likeness (QED) is 0.777. The van der Waals surface area contributed by atoms with Crippen LogP contribution < -0.4 is 9.46 Å². The molecular weight excluding hydrogens is 204 g/mol. The molecule has 0 spiro atoms. The van der Waals surface area contributed by atoms with Crippen LogP contribution in [0.25, 0.3) is 0 Å². The van der Waals surface area contributed by atoms with Gasteiger partial charge in [-0.05, 0) is 18.7 Å². The van der Waals surface area contributed by atoms with Gasteiger partial charge in [0.2, 0.25) is 10.0 Å². The molecule has 0 saturated carbocycles. The predicted octanol–water partition coefficient (Wildman–Crippen LogP) is 0.139. The molecule has 78 valence electrons. The summed E-state index contributed by atoms with van der Waals surface area (Å²) < 4.78 is 29.5. The molecule has 0 unspecified atom stereocenters. The molecule has 6 heteroatoms. The number of nitrogens with zero attached hydrogens (tertiary/aromatic N) is 1. The minimum absolute atomic E-state index is 0.0896. The highest BCUT2D eigenvalue weighted by Crippen LogP contribution is 2.12. The largest absolute Gasteiger partial charge is 0.495 e. The van der Waals surface area contributed by atoms with E-state index in [1.54, 1.807) is 6.07 Å². The van der Waals surface area contributed by atoms with Crippen LogP contribution in [0.15, 0.2) is 18.5 Å². The topological polar surface area (TPSA) is 68.3 Å².